The fourth-order valence-corrected chi connectivity index (χ4v) is 3.21. The fourth-order valence-electron chi connectivity index (χ4n) is 3.21. The number of fused-ring (bicyclic) bond motifs is 1. The summed E-state index contributed by atoms with van der Waals surface area (Å²) in [6.07, 6.45) is 6.11. The highest BCUT2D eigenvalue weighted by atomic mass is 16.1. The molecule has 0 unspecified atom stereocenters. The van der Waals surface area contributed by atoms with Gasteiger partial charge in [-0.2, -0.15) is 5.10 Å². The second-order valence-electron chi connectivity index (χ2n) is 6.66. The molecule has 2 aromatic heterocycles. The third-order valence-electron chi connectivity index (χ3n) is 4.72. The normalized spacial score (nSPS) is 14.6. The van der Waals surface area contributed by atoms with Crippen molar-refractivity contribution in [2.24, 2.45) is 10.7 Å². The van der Waals surface area contributed by atoms with Gasteiger partial charge in [-0.25, -0.2) is 4.99 Å². The van der Waals surface area contributed by atoms with Gasteiger partial charge in [0.2, 0.25) is 5.56 Å². The van der Waals surface area contributed by atoms with Crippen molar-refractivity contribution in [3.63, 3.8) is 0 Å². The van der Waals surface area contributed by atoms with Crippen molar-refractivity contribution in [3.05, 3.63) is 77.0 Å². The molecule has 0 radical (unpaired) electrons. The predicted octanol–water partition coefficient (Wildman–Crippen LogP) is 2.28. The van der Waals surface area contributed by atoms with Crippen molar-refractivity contribution < 1.29 is 0 Å². The third-order valence-corrected chi connectivity index (χ3v) is 4.72. The standard InChI is InChI=1S/C21H21N7O/c22-20-16(13-24-8-3-11-28-10-2-1-4-19(28)29)15-6-5-14(17-7-9-25-27-17)12-18(15)26-21(20)23/h1-2,4-7,9-10,12-13,22,24H,3,8,11H2,(H2,23,26)(H,25,27)/b16-13-,22-20?. The highest BCUT2D eigenvalue weighted by Crippen LogP contribution is 2.34. The van der Waals surface area contributed by atoms with E-state index in [4.69, 9.17) is 11.1 Å². The number of nitrogens with zero attached hydrogens (tertiary/aromatic N) is 3. The number of rotatable bonds is 6. The Morgan fingerprint density at radius 1 is 1.24 bits per heavy atom. The number of nitrogens with two attached hydrogens (primary N) is 1. The average molecular weight is 387 g/mol. The Balaban J connectivity index is 1.49. The van der Waals surface area contributed by atoms with Crippen LogP contribution in [0, 0.1) is 5.41 Å². The number of aromatic nitrogens is 3. The number of hydrogen-bond donors (Lipinski definition) is 4. The van der Waals surface area contributed by atoms with Crippen LogP contribution in [0.25, 0.3) is 16.8 Å². The second-order valence-corrected chi connectivity index (χ2v) is 6.66. The van der Waals surface area contributed by atoms with E-state index in [0.717, 1.165) is 23.2 Å². The molecule has 0 amide bonds. The Morgan fingerprint density at radius 2 is 2.14 bits per heavy atom. The van der Waals surface area contributed by atoms with Gasteiger partial charge >= 0.3 is 0 Å². The number of amidine groups is 1. The number of hydrogen-bond acceptors (Lipinski definition) is 6. The molecule has 1 aliphatic rings. The summed E-state index contributed by atoms with van der Waals surface area (Å²) in [5.74, 6) is 0.181. The van der Waals surface area contributed by atoms with Crippen molar-refractivity contribution in [2.45, 2.75) is 13.0 Å². The van der Waals surface area contributed by atoms with Gasteiger partial charge in [0, 0.05) is 54.4 Å². The molecule has 1 aromatic carbocycles. The topological polar surface area (TPSA) is 125 Å². The summed E-state index contributed by atoms with van der Waals surface area (Å²) in [4.78, 5) is 16.1. The molecule has 1 aliphatic heterocycles. The molecule has 0 atom stereocenters. The highest BCUT2D eigenvalue weighted by molar-refractivity contribution is 6.57. The SMILES string of the molecule is N=C1C(N)=Nc2cc(-c3cc[nH]n3)ccc2/C1=C/NCCCn1ccccc1=O. The molecule has 8 nitrogen and oxygen atoms in total. The fraction of sp³-hybridized carbons (Fsp3) is 0.143. The smallest absolute Gasteiger partial charge is 0.250 e. The molecule has 3 heterocycles. The molecule has 146 valence electrons. The number of H-pyrrole nitrogens is 1. The van der Waals surface area contributed by atoms with Gasteiger partial charge in [0.05, 0.1) is 11.4 Å². The van der Waals surface area contributed by atoms with Crippen LogP contribution in [0.5, 0.6) is 0 Å². The molecule has 0 bridgehead atoms. The largest absolute Gasteiger partial charge is 0.390 e. The van der Waals surface area contributed by atoms with Gasteiger partial charge < -0.3 is 15.6 Å². The zero-order valence-electron chi connectivity index (χ0n) is 15.7. The zero-order chi connectivity index (χ0) is 20.2. The second kappa shape index (κ2) is 7.97. The summed E-state index contributed by atoms with van der Waals surface area (Å²) in [6.45, 7) is 1.29. The van der Waals surface area contributed by atoms with Gasteiger partial charge in [0.15, 0.2) is 0 Å². The van der Waals surface area contributed by atoms with Gasteiger partial charge in [0.1, 0.15) is 11.5 Å². The minimum absolute atomic E-state index is 0.00876. The lowest BCUT2D eigenvalue weighted by Gasteiger charge is -2.18. The molecule has 3 aromatic rings. The van der Waals surface area contributed by atoms with E-state index in [1.807, 2.05) is 30.3 Å². The first kappa shape index (κ1) is 18.4. The lowest BCUT2D eigenvalue weighted by atomic mass is 9.95. The number of aryl methyl sites for hydroxylation is 1. The van der Waals surface area contributed by atoms with E-state index in [-0.39, 0.29) is 17.1 Å². The quantitative estimate of drug-likeness (QED) is 0.484. The first-order valence-electron chi connectivity index (χ1n) is 9.30. The summed E-state index contributed by atoms with van der Waals surface area (Å²) in [5, 5.41) is 18.5. The van der Waals surface area contributed by atoms with Crippen molar-refractivity contribution in [3.8, 4) is 11.3 Å². The van der Waals surface area contributed by atoms with E-state index in [9.17, 15) is 4.79 Å². The minimum atomic E-state index is -0.00876. The van der Waals surface area contributed by atoms with Gasteiger partial charge in [0.25, 0.3) is 0 Å². The highest BCUT2D eigenvalue weighted by Gasteiger charge is 2.21. The predicted molar refractivity (Wildman–Crippen MR) is 114 cm³/mol. The maximum absolute atomic E-state index is 11.7. The average Bonchev–Trinajstić information content (AvgIpc) is 3.26. The third kappa shape index (κ3) is 3.86. The van der Waals surface area contributed by atoms with Crippen LogP contribution in [0.4, 0.5) is 5.69 Å². The Kier molecular flexibility index (Phi) is 5.07. The molecule has 29 heavy (non-hydrogen) atoms. The van der Waals surface area contributed by atoms with E-state index in [1.165, 1.54) is 0 Å². The van der Waals surface area contributed by atoms with Crippen molar-refractivity contribution >= 4 is 22.8 Å². The van der Waals surface area contributed by atoms with Crippen LogP contribution in [0.3, 0.4) is 0 Å². The summed E-state index contributed by atoms with van der Waals surface area (Å²) >= 11 is 0. The molecule has 5 N–H and O–H groups in total. The van der Waals surface area contributed by atoms with Crippen LogP contribution in [0.2, 0.25) is 0 Å². The molecule has 0 saturated heterocycles. The van der Waals surface area contributed by atoms with E-state index >= 15 is 0 Å². The first-order valence-corrected chi connectivity index (χ1v) is 9.30. The minimum Gasteiger partial charge on any atom is -0.390 e. The van der Waals surface area contributed by atoms with Crippen LogP contribution in [-0.4, -0.2) is 32.9 Å². The molecular formula is C21H21N7O. The van der Waals surface area contributed by atoms with E-state index in [1.54, 1.807) is 35.3 Å². The van der Waals surface area contributed by atoms with Gasteiger partial charge in [-0.1, -0.05) is 18.2 Å². The number of pyridine rings is 1. The van der Waals surface area contributed by atoms with Gasteiger partial charge in [-0.05, 0) is 24.6 Å². The maximum Gasteiger partial charge on any atom is 0.250 e. The van der Waals surface area contributed by atoms with Crippen LogP contribution in [-0.2, 0) is 6.54 Å². The van der Waals surface area contributed by atoms with Crippen LogP contribution in [0.1, 0.15) is 12.0 Å². The monoisotopic (exact) mass is 387 g/mol. The van der Waals surface area contributed by atoms with Gasteiger partial charge in [-0.3, -0.25) is 15.3 Å². The summed E-state index contributed by atoms with van der Waals surface area (Å²) in [5.41, 5.74) is 10.1. The molecule has 8 heteroatoms. The Hall–Kier alpha value is -3.94. The lowest BCUT2D eigenvalue weighted by Crippen LogP contribution is -2.27. The molecular weight excluding hydrogens is 366 g/mol. The molecule has 0 spiro atoms. The van der Waals surface area contributed by atoms with E-state index in [2.05, 4.69) is 20.5 Å². The zero-order valence-corrected chi connectivity index (χ0v) is 15.7. The van der Waals surface area contributed by atoms with Crippen LogP contribution < -0.4 is 16.6 Å². The molecule has 4 rings (SSSR count). The summed E-state index contributed by atoms with van der Waals surface area (Å²) < 4.78 is 1.67. The Labute approximate surface area is 167 Å². The Morgan fingerprint density at radius 3 is 2.93 bits per heavy atom. The number of benzene rings is 1. The summed E-state index contributed by atoms with van der Waals surface area (Å²) in [7, 11) is 0. The molecule has 0 aliphatic carbocycles. The van der Waals surface area contributed by atoms with Crippen molar-refractivity contribution in [1.29, 1.82) is 5.41 Å². The molecule has 0 fully saturated rings. The van der Waals surface area contributed by atoms with Crippen molar-refractivity contribution in [2.75, 3.05) is 6.54 Å². The van der Waals surface area contributed by atoms with Crippen LogP contribution in [0.15, 0.2) is 70.8 Å². The maximum atomic E-state index is 11.7. The molecule has 0 saturated carbocycles. The van der Waals surface area contributed by atoms with Gasteiger partial charge in [-0.15, -0.1) is 0 Å². The van der Waals surface area contributed by atoms with Crippen molar-refractivity contribution in [1.82, 2.24) is 20.1 Å². The van der Waals surface area contributed by atoms with E-state index < -0.39 is 0 Å². The number of nitrogens with one attached hydrogen (secondary N) is 3. The number of aromatic amines is 1. The first-order chi connectivity index (χ1) is 14.1. The van der Waals surface area contributed by atoms with Crippen LogP contribution >= 0.6 is 0 Å². The Bertz CT molecular complexity index is 1160. The summed E-state index contributed by atoms with van der Waals surface area (Å²) in [6, 6.07) is 12.8. The lowest BCUT2D eigenvalue weighted by molar-refractivity contribution is 0.607. The van der Waals surface area contributed by atoms with E-state index in [0.29, 0.717) is 24.4 Å². The number of aliphatic imine (C=N–C) groups is 1.